The fourth-order valence-corrected chi connectivity index (χ4v) is 2.58. The fraction of sp³-hybridized carbons (Fsp3) is 0.438. The summed E-state index contributed by atoms with van der Waals surface area (Å²) in [5, 5.41) is 0. The van der Waals surface area contributed by atoms with E-state index in [1.165, 1.54) is 11.1 Å². The lowest BCUT2D eigenvalue weighted by Crippen LogP contribution is -2.06. The number of aromatic nitrogens is 2. The van der Waals surface area contributed by atoms with Gasteiger partial charge in [-0.05, 0) is 32.9 Å². The smallest absolute Gasteiger partial charge is 0.131 e. The van der Waals surface area contributed by atoms with E-state index in [0.717, 1.165) is 29.4 Å². The van der Waals surface area contributed by atoms with E-state index < -0.39 is 0 Å². The number of hydrogen-bond donors (Lipinski definition) is 1. The molecule has 0 bridgehead atoms. The van der Waals surface area contributed by atoms with Crippen LogP contribution in [-0.4, -0.2) is 9.55 Å². The number of hydrogen-bond acceptors (Lipinski definition) is 2. The molecule has 2 N–H and O–H groups in total. The monoisotopic (exact) mass is 257 g/mol. The number of nitrogens with zero attached hydrogens (tertiary/aromatic N) is 2. The van der Waals surface area contributed by atoms with Crippen LogP contribution in [0.25, 0.3) is 11.3 Å². The van der Waals surface area contributed by atoms with E-state index in [9.17, 15) is 0 Å². The van der Waals surface area contributed by atoms with Gasteiger partial charge >= 0.3 is 0 Å². The molecule has 0 fully saturated rings. The Labute approximate surface area is 115 Å². The second-order valence-electron chi connectivity index (χ2n) is 5.48. The van der Waals surface area contributed by atoms with E-state index in [0.29, 0.717) is 5.92 Å². The summed E-state index contributed by atoms with van der Waals surface area (Å²) >= 11 is 0. The fourth-order valence-electron chi connectivity index (χ4n) is 2.58. The normalized spacial score (nSPS) is 11.3. The van der Waals surface area contributed by atoms with Crippen molar-refractivity contribution < 1.29 is 0 Å². The molecule has 1 heterocycles. The van der Waals surface area contributed by atoms with Gasteiger partial charge in [-0.25, -0.2) is 4.98 Å². The number of aryl methyl sites for hydroxylation is 2. The Morgan fingerprint density at radius 3 is 2.16 bits per heavy atom. The lowest BCUT2D eigenvalue weighted by atomic mass is 10.1. The standard InChI is InChI=1S/C16H23N3/c1-6-19-15(17)14(18-16(19)10(2)3)13-8-11(4)7-12(5)9-13/h7-10H,6,17H2,1-5H3. The number of anilines is 1. The van der Waals surface area contributed by atoms with Crippen LogP contribution in [0.4, 0.5) is 5.82 Å². The molecule has 3 nitrogen and oxygen atoms in total. The minimum Gasteiger partial charge on any atom is -0.383 e. The SMILES string of the molecule is CCn1c(C(C)C)nc(-c2cc(C)cc(C)c2)c1N. The quantitative estimate of drug-likeness (QED) is 0.906. The molecule has 0 amide bonds. The second kappa shape index (κ2) is 5.08. The average molecular weight is 257 g/mol. The minimum absolute atomic E-state index is 0.377. The van der Waals surface area contributed by atoms with Crippen molar-refractivity contribution >= 4 is 5.82 Å². The maximum atomic E-state index is 6.29. The second-order valence-corrected chi connectivity index (χ2v) is 5.48. The van der Waals surface area contributed by atoms with Crippen LogP contribution in [0.1, 0.15) is 43.6 Å². The molecule has 2 aromatic rings. The molecular weight excluding hydrogens is 234 g/mol. The van der Waals surface area contributed by atoms with Crippen LogP contribution in [0.2, 0.25) is 0 Å². The Morgan fingerprint density at radius 1 is 1.16 bits per heavy atom. The van der Waals surface area contributed by atoms with Gasteiger partial charge in [-0.15, -0.1) is 0 Å². The van der Waals surface area contributed by atoms with Crippen molar-refractivity contribution in [1.82, 2.24) is 9.55 Å². The van der Waals surface area contributed by atoms with Crippen molar-refractivity contribution in [2.24, 2.45) is 0 Å². The summed E-state index contributed by atoms with van der Waals surface area (Å²) in [5.41, 5.74) is 10.8. The van der Waals surface area contributed by atoms with Crippen molar-refractivity contribution in [3.05, 3.63) is 35.2 Å². The summed E-state index contributed by atoms with van der Waals surface area (Å²) in [6.07, 6.45) is 0. The predicted octanol–water partition coefficient (Wildman–Crippen LogP) is 3.89. The van der Waals surface area contributed by atoms with Crippen LogP contribution in [-0.2, 0) is 6.54 Å². The van der Waals surface area contributed by atoms with E-state index in [1.807, 2.05) is 0 Å². The third kappa shape index (κ3) is 2.50. The van der Waals surface area contributed by atoms with Gasteiger partial charge < -0.3 is 10.3 Å². The summed E-state index contributed by atoms with van der Waals surface area (Å²) < 4.78 is 2.11. The molecule has 1 aromatic carbocycles. The molecule has 0 aliphatic heterocycles. The average Bonchev–Trinajstić information content (AvgIpc) is 2.65. The van der Waals surface area contributed by atoms with E-state index in [-0.39, 0.29) is 0 Å². The van der Waals surface area contributed by atoms with Gasteiger partial charge in [-0.1, -0.05) is 31.0 Å². The van der Waals surface area contributed by atoms with Crippen LogP contribution in [0.3, 0.4) is 0 Å². The largest absolute Gasteiger partial charge is 0.383 e. The van der Waals surface area contributed by atoms with Crippen molar-refractivity contribution in [2.75, 3.05) is 5.73 Å². The van der Waals surface area contributed by atoms with Crippen molar-refractivity contribution in [1.29, 1.82) is 0 Å². The highest BCUT2D eigenvalue weighted by molar-refractivity contribution is 5.72. The molecule has 1 aromatic heterocycles. The first-order valence-corrected chi connectivity index (χ1v) is 6.88. The lowest BCUT2D eigenvalue weighted by Gasteiger charge is -2.08. The van der Waals surface area contributed by atoms with Crippen LogP contribution in [0.15, 0.2) is 18.2 Å². The first-order valence-electron chi connectivity index (χ1n) is 6.88. The molecule has 19 heavy (non-hydrogen) atoms. The molecule has 0 aliphatic carbocycles. The summed E-state index contributed by atoms with van der Waals surface area (Å²) in [7, 11) is 0. The maximum absolute atomic E-state index is 6.29. The Kier molecular flexibility index (Phi) is 3.65. The Hall–Kier alpha value is -1.77. The zero-order valence-corrected chi connectivity index (χ0v) is 12.5. The highest BCUT2D eigenvalue weighted by atomic mass is 15.1. The number of benzene rings is 1. The van der Waals surface area contributed by atoms with Gasteiger partial charge in [-0.3, -0.25) is 0 Å². The predicted molar refractivity (Wildman–Crippen MR) is 81.3 cm³/mol. The van der Waals surface area contributed by atoms with Crippen LogP contribution >= 0.6 is 0 Å². The molecule has 0 radical (unpaired) electrons. The van der Waals surface area contributed by atoms with E-state index in [4.69, 9.17) is 10.7 Å². The van der Waals surface area contributed by atoms with Crippen molar-refractivity contribution in [2.45, 2.75) is 47.1 Å². The molecule has 3 heteroatoms. The number of rotatable bonds is 3. The Balaban J connectivity index is 2.62. The van der Waals surface area contributed by atoms with Gasteiger partial charge in [0, 0.05) is 18.0 Å². The third-order valence-corrected chi connectivity index (χ3v) is 3.36. The number of nitrogen functional groups attached to an aromatic ring is 1. The molecule has 102 valence electrons. The van der Waals surface area contributed by atoms with Gasteiger partial charge in [-0.2, -0.15) is 0 Å². The molecule has 0 saturated heterocycles. The summed E-state index contributed by atoms with van der Waals surface area (Å²) in [4.78, 5) is 4.77. The molecule has 0 spiro atoms. The molecule has 0 aliphatic rings. The van der Waals surface area contributed by atoms with Crippen molar-refractivity contribution in [3.8, 4) is 11.3 Å². The number of nitrogens with two attached hydrogens (primary N) is 1. The zero-order chi connectivity index (χ0) is 14.2. The molecular formula is C16H23N3. The third-order valence-electron chi connectivity index (χ3n) is 3.36. The lowest BCUT2D eigenvalue weighted by molar-refractivity contribution is 0.658. The highest BCUT2D eigenvalue weighted by Crippen LogP contribution is 2.30. The Morgan fingerprint density at radius 2 is 1.74 bits per heavy atom. The maximum Gasteiger partial charge on any atom is 0.131 e. The first-order chi connectivity index (χ1) is 8.93. The molecule has 0 saturated carbocycles. The van der Waals surface area contributed by atoms with E-state index in [1.54, 1.807) is 0 Å². The summed E-state index contributed by atoms with van der Waals surface area (Å²) in [5.74, 6) is 2.22. The van der Waals surface area contributed by atoms with Crippen LogP contribution in [0, 0.1) is 13.8 Å². The van der Waals surface area contributed by atoms with Crippen molar-refractivity contribution in [3.63, 3.8) is 0 Å². The molecule has 0 atom stereocenters. The van der Waals surface area contributed by atoms with Crippen LogP contribution in [0.5, 0.6) is 0 Å². The molecule has 0 unspecified atom stereocenters. The minimum atomic E-state index is 0.377. The van der Waals surface area contributed by atoms with Gasteiger partial charge in [0.2, 0.25) is 0 Å². The zero-order valence-electron chi connectivity index (χ0n) is 12.5. The van der Waals surface area contributed by atoms with Gasteiger partial charge in [0.25, 0.3) is 0 Å². The first kappa shape index (κ1) is 13.7. The van der Waals surface area contributed by atoms with E-state index >= 15 is 0 Å². The Bertz CT molecular complexity index is 574. The van der Waals surface area contributed by atoms with Crippen LogP contribution < -0.4 is 5.73 Å². The van der Waals surface area contributed by atoms with Gasteiger partial charge in [0.15, 0.2) is 0 Å². The molecule has 2 rings (SSSR count). The number of imidazole rings is 1. The van der Waals surface area contributed by atoms with E-state index in [2.05, 4.69) is 57.4 Å². The summed E-state index contributed by atoms with van der Waals surface area (Å²) in [6.45, 7) is 11.5. The summed E-state index contributed by atoms with van der Waals surface area (Å²) in [6, 6.07) is 6.46. The topological polar surface area (TPSA) is 43.8 Å². The van der Waals surface area contributed by atoms with Gasteiger partial charge in [0.1, 0.15) is 17.3 Å². The van der Waals surface area contributed by atoms with Gasteiger partial charge in [0.05, 0.1) is 0 Å². The highest BCUT2D eigenvalue weighted by Gasteiger charge is 2.17.